The van der Waals surface area contributed by atoms with Crippen molar-refractivity contribution in [2.75, 3.05) is 10.8 Å². The number of benzene rings is 3. The molecule has 0 bridgehead atoms. The van der Waals surface area contributed by atoms with Gasteiger partial charge in [0.25, 0.3) is 10.0 Å². The number of aryl methyl sites for hydroxylation is 1. The summed E-state index contributed by atoms with van der Waals surface area (Å²) in [7, 11) is -4.16. The average molecular weight is 633 g/mol. The Hall–Kier alpha value is -3.07. The maximum Gasteiger partial charge on any atom is 0.264 e. The van der Waals surface area contributed by atoms with Crippen LogP contribution in [0.25, 0.3) is 0 Å². The summed E-state index contributed by atoms with van der Waals surface area (Å²) in [5.74, 6) is -0.679. The Kier molecular flexibility index (Phi) is 11.5. The fourth-order valence-corrected chi connectivity index (χ4v) is 6.48. The molecular weight excluding hydrogens is 593 g/mol. The van der Waals surface area contributed by atoms with E-state index in [1.54, 1.807) is 49.4 Å². The molecule has 0 fully saturated rings. The number of anilines is 1. The number of halogens is 2. The van der Waals surface area contributed by atoms with E-state index in [1.807, 2.05) is 46.8 Å². The number of sulfonamides is 1. The number of nitrogens with one attached hydrogen (secondary N) is 1. The lowest BCUT2D eigenvalue weighted by Crippen LogP contribution is -2.53. The summed E-state index contributed by atoms with van der Waals surface area (Å²) < 4.78 is 29.2. The lowest BCUT2D eigenvalue weighted by Gasteiger charge is -2.34. The van der Waals surface area contributed by atoms with Crippen LogP contribution in [0.1, 0.15) is 63.6 Å². The smallest absolute Gasteiger partial charge is 0.264 e. The predicted molar refractivity (Wildman–Crippen MR) is 171 cm³/mol. The quantitative estimate of drug-likeness (QED) is 0.234. The van der Waals surface area contributed by atoms with E-state index in [0.717, 1.165) is 15.4 Å². The molecule has 0 saturated carbocycles. The Labute approximate surface area is 259 Å². The third-order valence-electron chi connectivity index (χ3n) is 6.94. The van der Waals surface area contributed by atoms with Gasteiger partial charge in [0.1, 0.15) is 12.6 Å². The Morgan fingerprint density at radius 3 is 1.95 bits per heavy atom. The number of hydrogen-bond acceptors (Lipinski definition) is 4. The maximum atomic E-state index is 14.2. The minimum absolute atomic E-state index is 0.0547. The summed E-state index contributed by atoms with van der Waals surface area (Å²) in [6, 6.07) is 17.5. The highest BCUT2D eigenvalue weighted by Crippen LogP contribution is 2.29. The summed E-state index contributed by atoms with van der Waals surface area (Å²) in [5, 5.41) is 3.56. The van der Waals surface area contributed by atoms with Crippen LogP contribution in [0.4, 0.5) is 5.69 Å². The van der Waals surface area contributed by atoms with Crippen LogP contribution < -0.4 is 9.62 Å². The zero-order valence-electron chi connectivity index (χ0n) is 24.9. The third-order valence-corrected chi connectivity index (χ3v) is 9.44. The molecule has 3 rings (SSSR count). The molecule has 0 unspecified atom stereocenters. The van der Waals surface area contributed by atoms with Crippen molar-refractivity contribution in [2.45, 2.75) is 77.4 Å². The van der Waals surface area contributed by atoms with E-state index in [2.05, 4.69) is 5.32 Å². The van der Waals surface area contributed by atoms with Crippen LogP contribution in [0.3, 0.4) is 0 Å². The van der Waals surface area contributed by atoms with Crippen molar-refractivity contribution in [1.82, 2.24) is 10.2 Å². The van der Waals surface area contributed by atoms with E-state index < -0.39 is 28.5 Å². The monoisotopic (exact) mass is 631 g/mol. The first kappa shape index (κ1) is 33.4. The van der Waals surface area contributed by atoms with Crippen molar-refractivity contribution < 1.29 is 18.0 Å². The highest BCUT2D eigenvalue weighted by molar-refractivity contribution is 7.92. The molecule has 2 amide bonds. The molecule has 0 saturated heterocycles. The fourth-order valence-electron chi connectivity index (χ4n) is 4.55. The van der Waals surface area contributed by atoms with Crippen LogP contribution in [0.2, 0.25) is 10.0 Å². The van der Waals surface area contributed by atoms with Crippen LogP contribution in [0.15, 0.2) is 71.6 Å². The standard InChI is InChI=1S/C32H39Cl2N3O4S/c1-7-30(32(39)35-22(4)5)36(19-27-28(33)9-8-10-29(27)34)31(38)20-37(25-15-13-24(14-16-25)21(2)3)42(40,41)26-17-11-23(6)12-18-26/h8-18,21-22,30H,7,19-20H2,1-6H3,(H,35,39)/t30-/m1/s1. The fraction of sp³-hybridized carbons (Fsp3) is 0.375. The number of carbonyl (C=O) groups excluding carboxylic acids is 2. The SMILES string of the molecule is CC[C@H](C(=O)NC(C)C)N(Cc1c(Cl)cccc1Cl)C(=O)CN(c1ccc(C(C)C)cc1)S(=O)(=O)c1ccc(C)cc1. The Morgan fingerprint density at radius 2 is 1.45 bits per heavy atom. The van der Waals surface area contributed by atoms with Crippen LogP contribution >= 0.6 is 23.2 Å². The largest absolute Gasteiger partial charge is 0.352 e. The lowest BCUT2D eigenvalue weighted by atomic mass is 10.0. The number of nitrogens with zero attached hydrogens (tertiary/aromatic N) is 2. The molecule has 3 aromatic rings. The molecule has 7 nitrogen and oxygen atoms in total. The van der Waals surface area contributed by atoms with Gasteiger partial charge in [0, 0.05) is 28.2 Å². The molecule has 3 aromatic carbocycles. The van der Waals surface area contributed by atoms with E-state index in [-0.39, 0.29) is 29.3 Å². The second-order valence-electron chi connectivity index (χ2n) is 10.9. The van der Waals surface area contributed by atoms with Crippen LogP contribution in [-0.2, 0) is 26.2 Å². The van der Waals surface area contributed by atoms with Gasteiger partial charge in [0.05, 0.1) is 10.6 Å². The van der Waals surface area contributed by atoms with Gasteiger partial charge in [0.2, 0.25) is 11.8 Å². The molecule has 0 heterocycles. The molecular formula is C32H39Cl2N3O4S. The van der Waals surface area contributed by atoms with Crippen LogP contribution in [0, 0.1) is 6.92 Å². The van der Waals surface area contributed by atoms with Crippen molar-refractivity contribution in [3.8, 4) is 0 Å². The van der Waals surface area contributed by atoms with Gasteiger partial charge in [-0.05, 0) is 75.1 Å². The molecule has 226 valence electrons. The number of amides is 2. The minimum Gasteiger partial charge on any atom is -0.352 e. The molecule has 42 heavy (non-hydrogen) atoms. The van der Waals surface area contributed by atoms with E-state index >= 15 is 0 Å². The van der Waals surface area contributed by atoms with Gasteiger partial charge in [-0.3, -0.25) is 13.9 Å². The van der Waals surface area contributed by atoms with Gasteiger partial charge in [0.15, 0.2) is 0 Å². The highest BCUT2D eigenvalue weighted by Gasteiger charge is 2.34. The molecule has 0 aliphatic heterocycles. The minimum atomic E-state index is -4.16. The topological polar surface area (TPSA) is 86.8 Å². The maximum absolute atomic E-state index is 14.2. The summed E-state index contributed by atoms with van der Waals surface area (Å²) in [6.45, 7) is 10.8. The Morgan fingerprint density at radius 1 is 0.881 bits per heavy atom. The van der Waals surface area contributed by atoms with Gasteiger partial charge in [-0.1, -0.05) is 79.9 Å². The summed E-state index contributed by atoms with van der Waals surface area (Å²) in [4.78, 5) is 28.9. The van der Waals surface area contributed by atoms with Crippen molar-refractivity contribution in [3.05, 3.63) is 93.5 Å². The van der Waals surface area contributed by atoms with Gasteiger partial charge in [-0.2, -0.15) is 0 Å². The molecule has 0 spiro atoms. The van der Waals surface area contributed by atoms with Crippen molar-refractivity contribution in [2.24, 2.45) is 0 Å². The normalized spacial score (nSPS) is 12.3. The zero-order valence-corrected chi connectivity index (χ0v) is 27.2. The van der Waals surface area contributed by atoms with Crippen molar-refractivity contribution in [1.29, 1.82) is 0 Å². The van der Waals surface area contributed by atoms with Crippen LogP contribution in [-0.4, -0.2) is 43.8 Å². The molecule has 0 aromatic heterocycles. The van der Waals surface area contributed by atoms with E-state index in [4.69, 9.17) is 23.2 Å². The van der Waals surface area contributed by atoms with Crippen molar-refractivity contribution in [3.63, 3.8) is 0 Å². The lowest BCUT2D eigenvalue weighted by molar-refractivity contribution is -0.140. The van der Waals surface area contributed by atoms with Gasteiger partial charge in [-0.25, -0.2) is 8.42 Å². The molecule has 1 atom stereocenters. The van der Waals surface area contributed by atoms with E-state index in [9.17, 15) is 18.0 Å². The van der Waals surface area contributed by atoms with Gasteiger partial charge in [-0.15, -0.1) is 0 Å². The Balaban J connectivity index is 2.12. The van der Waals surface area contributed by atoms with Gasteiger partial charge >= 0.3 is 0 Å². The number of carbonyl (C=O) groups is 2. The zero-order chi connectivity index (χ0) is 31.2. The first-order chi connectivity index (χ1) is 19.8. The van der Waals surface area contributed by atoms with Crippen LogP contribution in [0.5, 0.6) is 0 Å². The molecule has 0 aliphatic carbocycles. The Bertz CT molecular complexity index is 1470. The van der Waals surface area contributed by atoms with Gasteiger partial charge < -0.3 is 10.2 Å². The van der Waals surface area contributed by atoms with E-state index in [0.29, 0.717) is 27.7 Å². The summed E-state index contributed by atoms with van der Waals surface area (Å²) in [5.41, 5.74) is 2.75. The first-order valence-corrected chi connectivity index (χ1v) is 16.2. The summed E-state index contributed by atoms with van der Waals surface area (Å²) >= 11 is 12.9. The number of rotatable bonds is 12. The molecule has 1 N–H and O–H groups in total. The second-order valence-corrected chi connectivity index (χ2v) is 13.6. The predicted octanol–water partition coefficient (Wildman–Crippen LogP) is 6.95. The number of hydrogen-bond donors (Lipinski definition) is 1. The molecule has 10 heteroatoms. The first-order valence-electron chi connectivity index (χ1n) is 14.0. The third kappa shape index (κ3) is 8.06. The highest BCUT2D eigenvalue weighted by atomic mass is 35.5. The van der Waals surface area contributed by atoms with E-state index in [1.165, 1.54) is 17.0 Å². The second kappa shape index (κ2) is 14.4. The molecule has 0 radical (unpaired) electrons. The summed E-state index contributed by atoms with van der Waals surface area (Å²) in [6.07, 6.45) is 0.292. The molecule has 0 aliphatic rings. The average Bonchev–Trinajstić information content (AvgIpc) is 2.92. The van der Waals surface area contributed by atoms with Crippen molar-refractivity contribution >= 4 is 50.7 Å².